The number of rotatable bonds is 4. The minimum absolute atomic E-state index is 0.0517. The number of hydrogen-bond acceptors (Lipinski definition) is 2. The Labute approximate surface area is 124 Å². The van der Waals surface area contributed by atoms with Crippen LogP contribution in [0.5, 0.6) is 0 Å². The third-order valence-corrected chi connectivity index (χ3v) is 4.18. The number of halogens is 2. The first-order valence-electron chi connectivity index (χ1n) is 7.36. The standard InChI is InChI=1S/C16H22F2N2O/c1-20(11-12-5-6-13(17)14(18)9-12)15(21)10-16(19)7-3-2-4-8-16/h5-6,9H,2-4,7-8,10-11,19H2,1H3. The van der Waals surface area contributed by atoms with Crippen LogP contribution in [0, 0.1) is 11.6 Å². The van der Waals surface area contributed by atoms with Crippen molar-refractivity contribution >= 4 is 5.91 Å². The highest BCUT2D eigenvalue weighted by Gasteiger charge is 2.31. The molecule has 1 aromatic rings. The van der Waals surface area contributed by atoms with E-state index >= 15 is 0 Å². The van der Waals surface area contributed by atoms with Crippen LogP contribution < -0.4 is 5.73 Å². The van der Waals surface area contributed by atoms with Crippen molar-refractivity contribution in [2.24, 2.45) is 5.73 Å². The molecule has 1 amide bonds. The highest BCUT2D eigenvalue weighted by molar-refractivity contribution is 5.77. The molecule has 1 aliphatic carbocycles. The fraction of sp³-hybridized carbons (Fsp3) is 0.562. The van der Waals surface area contributed by atoms with Crippen LogP contribution in [0.2, 0.25) is 0 Å². The Kier molecular flexibility index (Phi) is 4.93. The molecule has 1 fully saturated rings. The van der Waals surface area contributed by atoms with E-state index in [1.807, 2.05) is 0 Å². The first-order chi connectivity index (χ1) is 9.89. The van der Waals surface area contributed by atoms with Crippen LogP contribution >= 0.6 is 0 Å². The lowest BCUT2D eigenvalue weighted by Crippen LogP contribution is -2.46. The van der Waals surface area contributed by atoms with Crippen molar-refractivity contribution in [1.82, 2.24) is 4.90 Å². The van der Waals surface area contributed by atoms with Crippen molar-refractivity contribution in [2.45, 2.75) is 50.6 Å². The second-order valence-corrected chi connectivity index (χ2v) is 6.10. The smallest absolute Gasteiger partial charge is 0.224 e. The lowest BCUT2D eigenvalue weighted by Gasteiger charge is -2.34. The summed E-state index contributed by atoms with van der Waals surface area (Å²) in [6.45, 7) is 0.256. The van der Waals surface area contributed by atoms with Gasteiger partial charge in [-0.3, -0.25) is 4.79 Å². The van der Waals surface area contributed by atoms with Gasteiger partial charge < -0.3 is 10.6 Å². The van der Waals surface area contributed by atoms with E-state index in [2.05, 4.69) is 0 Å². The average Bonchev–Trinajstić information content (AvgIpc) is 2.43. The molecule has 3 nitrogen and oxygen atoms in total. The summed E-state index contributed by atoms with van der Waals surface area (Å²) in [7, 11) is 1.66. The number of nitrogens with two attached hydrogens (primary N) is 1. The Morgan fingerprint density at radius 1 is 1.24 bits per heavy atom. The zero-order valence-corrected chi connectivity index (χ0v) is 12.4. The van der Waals surface area contributed by atoms with Crippen molar-refractivity contribution in [3.63, 3.8) is 0 Å². The highest BCUT2D eigenvalue weighted by Crippen LogP contribution is 2.29. The minimum atomic E-state index is -0.893. The molecule has 0 saturated heterocycles. The molecule has 1 aromatic carbocycles. The maximum atomic E-state index is 13.2. The van der Waals surface area contributed by atoms with Crippen molar-refractivity contribution in [2.75, 3.05) is 7.05 Å². The van der Waals surface area contributed by atoms with E-state index in [-0.39, 0.29) is 12.5 Å². The fourth-order valence-electron chi connectivity index (χ4n) is 2.87. The third-order valence-electron chi connectivity index (χ3n) is 4.18. The third kappa shape index (κ3) is 4.24. The molecule has 0 radical (unpaired) electrons. The largest absolute Gasteiger partial charge is 0.341 e. The van der Waals surface area contributed by atoms with Gasteiger partial charge in [-0.05, 0) is 30.5 Å². The van der Waals surface area contributed by atoms with Gasteiger partial charge in [0.1, 0.15) is 0 Å². The number of nitrogens with zero attached hydrogens (tertiary/aromatic N) is 1. The van der Waals surface area contributed by atoms with Gasteiger partial charge in [-0.25, -0.2) is 8.78 Å². The Hall–Kier alpha value is -1.49. The summed E-state index contributed by atoms with van der Waals surface area (Å²) in [5.74, 6) is -1.82. The molecule has 0 atom stereocenters. The van der Waals surface area contributed by atoms with Crippen LogP contribution in [0.3, 0.4) is 0 Å². The first-order valence-corrected chi connectivity index (χ1v) is 7.36. The minimum Gasteiger partial charge on any atom is -0.341 e. The molecule has 0 heterocycles. The molecule has 0 bridgehead atoms. The second-order valence-electron chi connectivity index (χ2n) is 6.10. The van der Waals surface area contributed by atoms with Gasteiger partial charge in [0.2, 0.25) is 5.91 Å². The van der Waals surface area contributed by atoms with E-state index in [4.69, 9.17) is 5.73 Å². The predicted molar refractivity (Wildman–Crippen MR) is 77.5 cm³/mol. The summed E-state index contributed by atoms with van der Waals surface area (Å²) >= 11 is 0. The predicted octanol–water partition coefficient (Wildman–Crippen LogP) is 2.97. The van der Waals surface area contributed by atoms with Gasteiger partial charge in [-0.15, -0.1) is 0 Å². The number of carbonyl (C=O) groups is 1. The SMILES string of the molecule is CN(Cc1ccc(F)c(F)c1)C(=O)CC1(N)CCCCC1. The van der Waals surface area contributed by atoms with Crippen LogP contribution in [0.25, 0.3) is 0 Å². The number of carbonyl (C=O) groups excluding carboxylic acids is 1. The van der Waals surface area contributed by atoms with Crippen molar-refractivity contribution < 1.29 is 13.6 Å². The molecule has 2 N–H and O–H groups in total. The maximum absolute atomic E-state index is 13.2. The van der Waals surface area contributed by atoms with Gasteiger partial charge in [-0.2, -0.15) is 0 Å². The van der Waals surface area contributed by atoms with E-state index in [1.54, 1.807) is 7.05 Å². The maximum Gasteiger partial charge on any atom is 0.224 e. The monoisotopic (exact) mass is 296 g/mol. The summed E-state index contributed by atoms with van der Waals surface area (Å²) in [5, 5.41) is 0. The summed E-state index contributed by atoms with van der Waals surface area (Å²) in [6, 6.07) is 3.69. The number of benzene rings is 1. The lowest BCUT2D eigenvalue weighted by atomic mass is 9.80. The van der Waals surface area contributed by atoms with Gasteiger partial charge in [-0.1, -0.05) is 25.3 Å². The summed E-state index contributed by atoms with van der Waals surface area (Å²) in [6.07, 6.45) is 5.37. The van der Waals surface area contributed by atoms with Gasteiger partial charge in [0, 0.05) is 25.6 Å². The van der Waals surface area contributed by atoms with Gasteiger partial charge in [0.05, 0.1) is 0 Å². The topological polar surface area (TPSA) is 46.3 Å². The summed E-state index contributed by atoms with van der Waals surface area (Å²) in [5.41, 5.74) is 6.44. The van der Waals surface area contributed by atoms with E-state index < -0.39 is 17.2 Å². The Balaban J connectivity index is 1.94. The number of amides is 1. The van der Waals surface area contributed by atoms with Crippen molar-refractivity contribution in [3.05, 3.63) is 35.4 Å². The molecule has 5 heteroatoms. The molecule has 116 valence electrons. The van der Waals surface area contributed by atoms with E-state index in [1.165, 1.54) is 17.4 Å². The second kappa shape index (κ2) is 6.52. The summed E-state index contributed by atoms with van der Waals surface area (Å²) < 4.78 is 26.0. The normalized spacial score (nSPS) is 17.5. The van der Waals surface area contributed by atoms with E-state index in [0.29, 0.717) is 12.0 Å². The van der Waals surface area contributed by atoms with Crippen LogP contribution in [-0.2, 0) is 11.3 Å². The molecular weight excluding hydrogens is 274 g/mol. The first kappa shape index (κ1) is 15.9. The zero-order valence-electron chi connectivity index (χ0n) is 12.4. The molecule has 21 heavy (non-hydrogen) atoms. The van der Waals surface area contributed by atoms with Crippen molar-refractivity contribution in [3.8, 4) is 0 Å². The van der Waals surface area contributed by atoms with Gasteiger partial charge in [0.15, 0.2) is 11.6 Å². The van der Waals surface area contributed by atoms with Gasteiger partial charge in [0.25, 0.3) is 0 Å². The molecule has 0 spiro atoms. The molecule has 1 saturated carbocycles. The van der Waals surface area contributed by atoms with E-state index in [9.17, 15) is 13.6 Å². The highest BCUT2D eigenvalue weighted by atomic mass is 19.2. The molecule has 0 unspecified atom stereocenters. The van der Waals surface area contributed by atoms with Gasteiger partial charge >= 0.3 is 0 Å². The summed E-state index contributed by atoms with van der Waals surface area (Å²) in [4.78, 5) is 13.8. The molecule has 2 rings (SSSR count). The Bertz CT molecular complexity index is 513. The fourth-order valence-corrected chi connectivity index (χ4v) is 2.87. The molecule has 1 aliphatic rings. The number of hydrogen-bond donors (Lipinski definition) is 1. The lowest BCUT2D eigenvalue weighted by molar-refractivity contribution is -0.132. The average molecular weight is 296 g/mol. The Morgan fingerprint density at radius 3 is 2.52 bits per heavy atom. The van der Waals surface area contributed by atoms with Crippen LogP contribution in [0.15, 0.2) is 18.2 Å². The van der Waals surface area contributed by atoms with Crippen LogP contribution in [0.4, 0.5) is 8.78 Å². The quantitative estimate of drug-likeness (QED) is 0.928. The Morgan fingerprint density at radius 2 is 1.90 bits per heavy atom. The van der Waals surface area contributed by atoms with Crippen molar-refractivity contribution in [1.29, 1.82) is 0 Å². The molecular formula is C16H22F2N2O. The van der Waals surface area contributed by atoms with Crippen LogP contribution in [0.1, 0.15) is 44.1 Å². The van der Waals surface area contributed by atoms with E-state index in [0.717, 1.165) is 37.8 Å². The zero-order chi connectivity index (χ0) is 15.5. The molecule has 0 aromatic heterocycles. The van der Waals surface area contributed by atoms with Crippen LogP contribution in [-0.4, -0.2) is 23.4 Å². The molecule has 0 aliphatic heterocycles.